The molecule has 0 bridgehead atoms. The number of imide groups is 1. The summed E-state index contributed by atoms with van der Waals surface area (Å²) < 4.78 is 0.933. The molecule has 2 heterocycles. The Hall–Kier alpha value is -2.67. The van der Waals surface area contributed by atoms with E-state index >= 15 is 0 Å². The summed E-state index contributed by atoms with van der Waals surface area (Å²) in [6.45, 7) is 1.87. The second-order valence-electron chi connectivity index (χ2n) is 7.65. The van der Waals surface area contributed by atoms with Gasteiger partial charge in [0, 0.05) is 9.50 Å². The number of fused-ring (bicyclic) bond motifs is 1. The van der Waals surface area contributed by atoms with Gasteiger partial charge >= 0.3 is 0 Å². The van der Waals surface area contributed by atoms with Crippen LogP contribution in [0.2, 0.25) is 5.02 Å². The van der Waals surface area contributed by atoms with E-state index in [9.17, 15) is 9.59 Å². The maximum absolute atomic E-state index is 13.6. The molecule has 2 aliphatic rings. The molecule has 5 rings (SSSR count). The van der Waals surface area contributed by atoms with E-state index in [1.54, 1.807) is 23.3 Å². The molecule has 5 nitrogen and oxygen atoms in total. The van der Waals surface area contributed by atoms with Crippen molar-refractivity contribution < 1.29 is 14.4 Å². The molecule has 0 saturated carbocycles. The number of nitrogens with zero attached hydrogens (tertiary/aromatic N) is 2. The van der Waals surface area contributed by atoms with E-state index < -0.39 is 18.1 Å². The standard InChI is InChI=1S/C24H18BrClN2O3/c1-14-7-12-18(13-19(14)26)27-23(29)20-21(15-8-10-16(25)11-9-15)28(31-22(20)24(27)30)17-5-3-2-4-6-17/h2-13,20-22H,1H3. The molecule has 0 aromatic heterocycles. The first-order chi connectivity index (χ1) is 15.0. The lowest BCUT2D eigenvalue weighted by Crippen LogP contribution is -2.37. The maximum Gasteiger partial charge on any atom is 0.266 e. The van der Waals surface area contributed by atoms with Gasteiger partial charge in [-0.05, 0) is 54.4 Å². The van der Waals surface area contributed by atoms with E-state index in [2.05, 4.69) is 15.9 Å². The number of hydrogen-bond donors (Lipinski definition) is 0. The van der Waals surface area contributed by atoms with Crippen LogP contribution in [0.25, 0.3) is 0 Å². The zero-order valence-electron chi connectivity index (χ0n) is 16.5. The Morgan fingerprint density at radius 1 is 0.903 bits per heavy atom. The van der Waals surface area contributed by atoms with Gasteiger partial charge in [0.15, 0.2) is 6.10 Å². The molecule has 3 aromatic carbocycles. The number of para-hydroxylation sites is 1. The largest absolute Gasteiger partial charge is 0.273 e. The summed E-state index contributed by atoms with van der Waals surface area (Å²) in [6.07, 6.45) is -0.901. The van der Waals surface area contributed by atoms with Gasteiger partial charge in [0.05, 0.1) is 17.4 Å². The van der Waals surface area contributed by atoms with Crippen molar-refractivity contribution in [1.82, 2.24) is 0 Å². The van der Waals surface area contributed by atoms with Gasteiger partial charge in [0.1, 0.15) is 5.92 Å². The van der Waals surface area contributed by atoms with Crippen molar-refractivity contribution >= 4 is 50.7 Å². The number of aryl methyl sites for hydroxylation is 1. The van der Waals surface area contributed by atoms with Gasteiger partial charge in [-0.3, -0.25) is 14.4 Å². The van der Waals surface area contributed by atoms with Gasteiger partial charge < -0.3 is 0 Å². The first-order valence-corrected chi connectivity index (χ1v) is 11.0. The quantitative estimate of drug-likeness (QED) is 0.451. The molecule has 3 unspecified atom stereocenters. The topological polar surface area (TPSA) is 49.9 Å². The molecule has 0 radical (unpaired) electrons. The normalized spacial score (nSPS) is 22.9. The van der Waals surface area contributed by atoms with Gasteiger partial charge in [-0.25, -0.2) is 9.96 Å². The number of carbonyl (C=O) groups is 2. The van der Waals surface area contributed by atoms with Crippen molar-refractivity contribution in [1.29, 1.82) is 0 Å². The van der Waals surface area contributed by atoms with Crippen LogP contribution >= 0.6 is 27.5 Å². The highest BCUT2D eigenvalue weighted by Gasteiger charge is 2.60. The van der Waals surface area contributed by atoms with Crippen LogP contribution in [0.4, 0.5) is 11.4 Å². The van der Waals surface area contributed by atoms with Crippen molar-refractivity contribution in [2.75, 3.05) is 9.96 Å². The summed E-state index contributed by atoms with van der Waals surface area (Å²) in [6, 6.07) is 22.0. The molecule has 2 amide bonds. The summed E-state index contributed by atoms with van der Waals surface area (Å²) in [5.74, 6) is -1.34. The van der Waals surface area contributed by atoms with Gasteiger partial charge in [-0.1, -0.05) is 63.9 Å². The molecule has 0 aliphatic carbocycles. The molecule has 156 valence electrons. The number of halogens is 2. The molecule has 2 aliphatic heterocycles. The van der Waals surface area contributed by atoms with Gasteiger partial charge in [0.2, 0.25) is 5.91 Å². The van der Waals surface area contributed by atoms with E-state index in [-0.39, 0.29) is 11.8 Å². The highest BCUT2D eigenvalue weighted by molar-refractivity contribution is 9.10. The maximum atomic E-state index is 13.6. The fourth-order valence-corrected chi connectivity index (χ4v) is 4.63. The van der Waals surface area contributed by atoms with E-state index in [1.165, 1.54) is 4.90 Å². The highest BCUT2D eigenvalue weighted by atomic mass is 79.9. The molecule has 2 fully saturated rings. The smallest absolute Gasteiger partial charge is 0.266 e. The fourth-order valence-electron chi connectivity index (χ4n) is 4.19. The van der Waals surface area contributed by atoms with Crippen LogP contribution in [0.15, 0.2) is 77.3 Å². The molecule has 3 atom stereocenters. The van der Waals surface area contributed by atoms with Crippen LogP contribution in [0, 0.1) is 12.8 Å². The number of rotatable bonds is 3. The molecular weight excluding hydrogens is 480 g/mol. The van der Waals surface area contributed by atoms with Crippen molar-refractivity contribution in [3.8, 4) is 0 Å². The predicted octanol–water partition coefficient (Wildman–Crippen LogP) is 5.46. The second-order valence-corrected chi connectivity index (χ2v) is 8.98. The lowest BCUT2D eigenvalue weighted by molar-refractivity contribution is -0.126. The summed E-state index contributed by atoms with van der Waals surface area (Å²) in [5, 5.41) is 2.19. The zero-order chi connectivity index (χ0) is 21.7. The van der Waals surface area contributed by atoms with E-state index in [0.717, 1.165) is 21.3 Å². The van der Waals surface area contributed by atoms with Crippen molar-refractivity contribution in [2.45, 2.75) is 19.1 Å². The molecular formula is C24H18BrClN2O3. The van der Waals surface area contributed by atoms with Crippen LogP contribution in [0.5, 0.6) is 0 Å². The lowest BCUT2D eigenvalue weighted by atomic mass is 9.90. The minimum Gasteiger partial charge on any atom is -0.273 e. The van der Waals surface area contributed by atoms with Crippen LogP contribution in [-0.2, 0) is 14.4 Å². The molecule has 3 aromatic rings. The Morgan fingerprint density at radius 3 is 2.29 bits per heavy atom. The number of amides is 2. The molecule has 2 saturated heterocycles. The average Bonchev–Trinajstić information content (AvgIpc) is 3.28. The van der Waals surface area contributed by atoms with Crippen LogP contribution in [0.1, 0.15) is 17.2 Å². The minimum atomic E-state index is -0.901. The number of hydroxylamine groups is 1. The Bertz CT molecular complexity index is 1170. The molecule has 0 N–H and O–H groups in total. The minimum absolute atomic E-state index is 0.290. The van der Waals surface area contributed by atoms with Crippen LogP contribution in [0.3, 0.4) is 0 Å². The first-order valence-electron chi connectivity index (χ1n) is 9.86. The summed E-state index contributed by atoms with van der Waals surface area (Å²) >= 11 is 9.72. The number of hydrogen-bond acceptors (Lipinski definition) is 4. The third-order valence-corrected chi connectivity index (χ3v) is 6.69. The lowest BCUT2D eigenvalue weighted by Gasteiger charge is -2.28. The Balaban J connectivity index is 1.58. The molecule has 0 spiro atoms. The van der Waals surface area contributed by atoms with Crippen molar-refractivity contribution in [3.63, 3.8) is 0 Å². The van der Waals surface area contributed by atoms with E-state index in [1.807, 2.05) is 61.5 Å². The summed E-state index contributed by atoms with van der Waals surface area (Å²) in [5.41, 5.74) is 3.02. The van der Waals surface area contributed by atoms with Crippen molar-refractivity contribution in [2.24, 2.45) is 5.92 Å². The van der Waals surface area contributed by atoms with Crippen LogP contribution in [-0.4, -0.2) is 17.9 Å². The fraction of sp³-hybridized carbons (Fsp3) is 0.167. The van der Waals surface area contributed by atoms with E-state index in [4.69, 9.17) is 16.4 Å². The monoisotopic (exact) mass is 496 g/mol. The number of benzene rings is 3. The SMILES string of the molecule is Cc1ccc(N2C(=O)C3ON(c4ccccc4)C(c4ccc(Br)cc4)C3C2=O)cc1Cl. The predicted molar refractivity (Wildman–Crippen MR) is 123 cm³/mol. The molecule has 31 heavy (non-hydrogen) atoms. The Kier molecular flexibility index (Phi) is 5.08. The third kappa shape index (κ3) is 3.35. The first kappa shape index (κ1) is 20.2. The zero-order valence-corrected chi connectivity index (χ0v) is 18.9. The van der Waals surface area contributed by atoms with Gasteiger partial charge in [0.25, 0.3) is 5.91 Å². The average molecular weight is 498 g/mol. The number of anilines is 2. The van der Waals surface area contributed by atoms with E-state index in [0.29, 0.717) is 10.7 Å². The second kappa shape index (κ2) is 7.79. The third-order valence-electron chi connectivity index (χ3n) is 5.75. The molecule has 7 heteroatoms. The van der Waals surface area contributed by atoms with Gasteiger partial charge in [-0.15, -0.1) is 0 Å². The highest BCUT2D eigenvalue weighted by Crippen LogP contribution is 2.47. The Labute approximate surface area is 193 Å². The number of carbonyl (C=O) groups excluding carboxylic acids is 2. The van der Waals surface area contributed by atoms with Crippen LogP contribution < -0.4 is 9.96 Å². The summed E-state index contributed by atoms with van der Waals surface area (Å²) in [4.78, 5) is 34.2. The van der Waals surface area contributed by atoms with Crippen molar-refractivity contribution in [3.05, 3.63) is 93.4 Å². The summed E-state index contributed by atoms with van der Waals surface area (Å²) in [7, 11) is 0. The Morgan fingerprint density at radius 2 is 1.61 bits per heavy atom. The van der Waals surface area contributed by atoms with Gasteiger partial charge in [-0.2, -0.15) is 0 Å².